The maximum atomic E-state index is 13.2. The number of para-hydroxylation sites is 1. The molecule has 0 aliphatic rings. The Kier molecular flexibility index (Phi) is 3.45. The van der Waals surface area contributed by atoms with E-state index >= 15 is 0 Å². The van der Waals surface area contributed by atoms with E-state index in [4.69, 9.17) is 5.73 Å². The number of fused-ring (bicyclic) bond motifs is 1. The summed E-state index contributed by atoms with van der Waals surface area (Å²) in [5, 5.41) is 0.712. The molecule has 3 aromatic rings. The van der Waals surface area contributed by atoms with Gasteiger partial charge in [-0.05, 0) is 37.1 Å². The standard InChI is InChI=1S/C17H18N2O2S/c1-3-12-8-9-13(18)10-16(12)22(20,21)17-11(2)19-15-7-5-4-6-14(15)17/h4-10,19H,3,18H2,1-2H3. The van der Waals surface area contributed by atoms with Crippen molar-refractivity contribution in [1.29, 1.82) is 0 Å². The molecule has 0 saturated heterocycles. The summed E-state index contributed by atoms with van der Waals surface area (Å²) in [6, 6.07) is 12.5. The number of aryl methyl sites for hydroxylation is 2. The lowest BCUT2D eigenvalue weighted by Crippen LogP contribution is -2.07. The molecule has 0 aliphatic carbocycles. The number of aromatic nitrogens is 1. The Bertz CT molecular complexity index is 956. The average Bonchev–Trinajstić information content (AvgIpc) is 2.83. The molecular formula is C17H18N2O2S. The fourth-order valence-corrected chi connectivity index (χ4v) is 4.81. The molecule has 3 N–H and O–H groups in total. The third-order valence-electron chi connectivity index (χ3n) is 3.86. The van der Waals surface area contributed by atoms with Crippen molar-refractivity contribution in [3.05, 3.63) is 53.7 Å². The number of aromatic amines is 1. The maximum absolute atomic E-state index is 13.2. The molecule has 0 fully saturated rings. The lowest BCUT2D eigenvalue weighted by atomic mass is 10.1. The zero-order chi connectivity index (χ0) is 15.9. The lowest BCUT2D eigenvalue weighted by molar-refractivity contribution is 0.595. The van der Waals surface area contributed by atoms with E-state index in [9.17, 15) is 8.42 Å². The monoisotopic (exact) mass is 314 g/mol. The van der Waals surface area contributed by atoms with Crippen LogP contribution in [0.15, 0.2) is 52.3 Å². The van der Waals surface area contributed by atoms with Gasteiger partial charge in [0.1, 0.15) is 0 Å². The van der Waals surface area contributed by atoms with Crippen molar-refractivity contribution in [2.24, 2.45) is 0 Å². The first-order valence-electron chi connectivity index (χ1n) is 7.16. The van der Waals surface area contributed by atoms with Crippen LogP contribution in [-0.2, 0) is 16.3 Å². The highest BCUT2D eigenvalue weighted by Gasteiger charge is 2.26. The maximum Gasteiger partial charge on any atom is 0.209 e. The summed E-state index contributed by atoms with van der Waals surface area (Å²) in [7, 11) is -3.63. The van der Waals surface area contributed by atoms with Crippen LogP contribution in [0.5, 0.6) is 0 Å². The number of benzene rings is 2. The van der Waals surface area contributed by atoms with Crippen LogP contribution < -0.4 is 5.73 Å². The second kappa shape index (κ2) is 5.18. The summed E-state index contributed by atoms with van der Waals surface area (Å²) in [5.74, 6) is 0. The van der Waals surface area contributed by atoms with E-state index < -0.39 is 9.84 Å². The summed E-state index contributed by atoms with van der Waals surface area (Å²) < 4.78 is 26.4. The van der Waals surface area contributed by atoms with Gasteiger partial charge in [-0.25, -0.2) is 8.42 Å². The van der Waals surface area contributed by atoms with E-state index in [1.807, 2.05) is 31.2 Å². The highest BCUT2D eigenvalue weighted by Crippen LogP contribution is 2.33. The minimum absolute atomic E-state index is 0.294. The van der Waals surface area contributed by atoms with E-state index in [-0.39, 0.29) is 0 Å². The van der Waals surface area contributed by atoms with Crippen LogP contribution in [0.4, 0.5) is 5.69 Å². The van der Waals surface area contributed by atoms with Crippen LogP contribution in [0.1, 0.15) is 18.2 Å². The van der Waals surface area contributed by atoms with Crippen molar-refractivity contribution in [2.45, 2.75) is 30.1 Å². The molecule has 0 bridgehead atoms. The molecule has 0 atom stereocenters. The quantitative estimate of drug-likeness (QED) is 0.727. The van der Waals surface area contributed by atoms with Crippen molar-refractivity contribution >= 4 is 26.4 Å². The summed E-state index contributed by atoms with van der Waals surface area (Å²) in [6.45, 7) is 3.72. The Hall–Kier alpha value is -2.27. The van der Waals surface area contributed by atoms with Crippen LogP contribution in [0.3, 0.4) is 0 Å². The van der Waals surface area contributed by atoms with Gasteiger partial charge in [0.2, 0.25) is 9.84 Å². The number of hydrogen-bond acceptors (Lipinski definition) is 3. The van der Waals surface area contributed by atoms with Gasteiger partial charge in [-0.2, -0.15) is 0 Å². The Balaban J connectivity index is 2.34. The second-order valence-corrected chi connectivity index (χ2v) is 7.20. The predicted molar refractivity (Wildman–Crippen MR) is 88.7 cm³/mol. The van der Waals surface area contributed by atoms with Gasteiger partial charge in [0.05, 0.1) is 9.79 Å². The Labute approximate surface area is 129 Å². The third kappa shape index (κ3) is 2.18. The molecule has 1 heterocycles. The number of rotatable bonds is 3. The molecule has 2 aromatic carbocycles. The highest BCUT2D eigenvalue weighted by molar-refractivity contribution is 7.91. The second-order valence-electron chi connectivity index (χ2n) is 5.35. The van der Waals surface area contributed by atoms with Gasteiger partial charge >= 0.3 is 0 Å². The van der Waals surface area contributed by atoms with Gasteiger partial charge in [0, 0.05) is 22.3 Å². The normalized spacial score (nSPS) is 11.9. The zero-order valence-corrected chi connectivity index (χ0v) is 13.4. The molecule has 0 spiro atoms. The van der Waals surface area contributed by atoms with Crippen LogP contribution in [0.2, 0.25) is 0 Å². The minimum atomic E-state index is -3.63. The number of hydrogen-bond donors (Lipinski definition) is 2. The van der Waals surface area contributed by atoms with Gasteiger partial charge in [-0.3, -0.25) is 0 Å². The number of H-pyrrole nitrogens is 1. The van der Waals surface area contributed by atoms with Crippen molar-refractivity contribution < 1.29 is 8.42 Å². The first-order chi connectivity index (χ1) is 10.4. The number of nitrogen functional groups attached to an aromatic ring is 1. The third-order valence-corrected chi connectivity index (χ3v) is 5.89. The average molecular weight is 314 g/mol. The molecule has 0 aliphatic heterocycles. The van der Waals surface area contributed by atoms with Crippen LogP contribution >= 0.6 is 0 Å². The fraction of sp³-hybridized carbons (Fsp3) is 0.176. The number of nitrogens with one attached hydrogen (secondary N) is 1. The largest absolute Gasteiger partial charge is 0.399 e. The zero-order valence-electron chi connectivity index (χ0n) is 12.6. The summed E-state index contributed by atoms with van der Waals surface area (Å²) in [5.41, 5.74) is 8.50. The molecule has 0 saturated carbocycles. The van der Waals surface area contributed by atoms with E-state index in [1.165, 1.54) is 0 Å². The molecule has 0 unspecified atom stereocenters. The minimum Gasteiger partial charge on any atom is -0.399 e. The molecule has 3 rings (SSSR count). The topological polar surface area (TPSA) is 76.0 Å². The molecule has 0 amide bonds. The Morgan fingerprint density at radius 1 is 1.14 bits per heavy atom. The van der Waals surface area contributed by atoms with E-state index in [2.05, 4.69) is 4.98 Å². The molecule has 0 radical (unpaired) electrons. The van der Waals surface area contributed by atoms with Gasteiger partial charge < -0.3 is 10.7 Å². The molecule has 22 heavy (non-hydrogen) atoms. The van der Waals surface area contributed by atoms with E-state index in [0.29, 0.717) is 33.0 Å². The van der Waals surface area contributed by atoms with Crippen molar-refractivity contribution in [3.8, 4) is 0 Å². The van der Waals surface area contributed by atoms with Gasteiger partial charge in [-0.1, -0.05) is 31.2 Å². The van der Waals surface area contributed by atoms with Crippen LogP contribution in [0, 0.1) is 6.92 Å². The lowest BCUT2D eigenvalue weighted by Gasteiger charge is -2.10. The predicted octanol–water partition coefficient (Wildman–Crippen LogP) is 3.45. The van der Waals surface area contributed by atoms with E-state index in [0.717, 1.165) is 11.1 Å². The molecular weight excluding hydrogens is 296 g/mol. The number of sulfone groups is 1. The van der Waals surface area contributed by atoms with Crippen molar-refractivity contribution in [3.63, 3.8) is 0 Å². The Morgan fingerprint density at radius 2 is 1.86 bits per heavy atom. The van der Waals surface area contributed by atoms with Crippen LogP contribution in [0.25, 0.3) is 10.9 Å². The van der Waals surface area contributed by atoms with Gasteiger partial charge in [0.25, 0.3) is 0 Å². The van der Waals surface area contributed by atoms with Gasteiger partial charge in [-0.15, -0.1) is 0 Å². The van der Waals surface area contributed by atoms with Crippen molar-refractivity contribution in [1.82, 2.24) is 4.98 Å². The van der Waals surface area contributed by atoms with Gasteiger partial charge in [0.15, 0.2) is 0 Å². The van der Waals surface area contributed by atoms with Crippen molar-refractivity contribution in [2.75, 3.05) is 5.73 Å². The summed E-state index contributed by atoms with van der Waals surface area (Å²) in [4.78, 5) is 3.78. The molecule has 114 valence electrons. The summed E-state index contributed by atoms with van der Waals surface area (Å²) in [6.07, 6.45) is 0.635. The SMILES string of the molecule is CCc1ccc(N)cc1S(=O)(=O)c1c(C)[nH]c2ccccc12. The molecule has 5 heteroatoms. The van der Waals surface area contributed by atoms with E-state index in [1.54, 1.807) is 25.1 Å². The number of nitrogens with two attached hydrogens (primary N) is 1. The number of anilines is 1. The summed E-state index contributed by atoms with van der Waals surface area (Å²) >= 11 is 0. The first-order valence-corrected chi connectivity index (χ1v) is 8.64. The molecule has 1 aromatic heterocycles. The Morgan fingerprint density at radius 3 is 2.59 bits per heavy atom. The smallest absolute Gasteiger partial charge is 0.209 e. The molecule has 4 nitrogen and oxygen atoms in total. The van der Waals surface area contributed by atoms with Crippen LogP contribution in [-0.4, -0.2) is 13.4 Å². The fourth-order valence-electron chi connectivity index (χ4n) is 2.82. The highest BCUT2D eigenvalue weighted by atomic mass is 32.2. The first kappa shape index (κ1) is 14.7.